The second kappa shape index (κ2) is 4.86. The van der Waals surface area contributed by atoms with Gasteiger partial charge in [-0.05, 0) is 24.5 Å². The van der Waals surface area contributed by atoms with E-state index in [0.717, 1.165) is 13.0 Å². The molecule has 1 aromatic rings. The molecule has 5 heteroatoms. The smallest absolute Gasteiger partial charge is 0.337 e. The minimum atomic E-state index is -1.03. The molecule has 0 amide bonds. The molecule has 4 N–H and O–H groups in total. The summed E-state index contributed by atoms with van der Waals surface area (Å²) in [6.45, 7) is 2.93. The standard InChI is InChI=1S/C13H18N2O3/c1-8-5-6-15(11(8)7-16)10-4-2-3-9(12(10)14)13(17)18/h2-4,8,11,16H,5-7,14H2,1H3,(H,17,18). The van der Waals surface area contributed by atoms with Crippen molar-refractivity contribution >= 4 is 17.3 Å². The lowest BCUT2D eigenvalue weighted by molar-refractivity contribution is 0.0698. The Kier molecular flexibility index (Phi) is 3.43. The monoisotopic (exact) mass is 250 g/mol. The molecule has 18 heavy (non-hydrogen) atoms. The topological polar surface area (TPSA) is 86.8 Å². The van der Waals surface area contributed by atoms with Gasteiger partial charge in [-0.15, -0.1) is 0 Å². The first-order valence-electron chi connectivity index (χ1n) is 6.05. The maximum atomic E-state index is 11.1. The second-order valence-electron chi connectivity index (χ2n) is 4.75. The average molecular weight is 250 g/mol. The number of anilines is 2. The van der Waals surface area contributed by atoms with E-state index in [0.29, 0.717) is 11.6 Å². The van der Waals surface area contributed by atoms with Crippen LogP contribution in [0.15, 0.2) is 18.2 Å². The molecule has 1 aromatic carbocycles. The third-order valence-electron chi connectivity index (χ3n) is 3.69. The lowest BCUT2D eigenvalue weighted by Crippen LogP contribution is -2.35. The van der Waals surface area contributed by atoms with Crippen LogP contribution < -0.4 is 10.6 Å². The van der Waals surface area contributed by atoms with Crippen molar-refractivity contribution < 1.29 is 15.0 Å². The number of nitrogen functional groups attached to an aromatic ring is 1. The fraction of sp³-hybridized carbons (Fsp3) is 0.462. The number of aromatic carboxylic acids is 1. The fourth-order valence-corrected chi connectivity index (χ4v) is 2.58. The molecule has 0 spiro atoms. The van der Waals surface area contributed by atoms with E-state index in [1.165, 1.54) is 6.07 Å². The molecule has 2 rings (SSSR count). The molecule has 0 bridgehead atoms. The highest BCUT2D eigenvalue weighted by Gasteiger charge is 2.32. The number of carboxylic acids is 1. The largest absolute Gasteiger partial charge is 0.478 e. The molecule has 2 unspecified atom stereocenters. The molecule has 2 atom stereocenters. The molecule has 0 saturated carbocycles. The van der Waals surface area contributed by atoms with Crippen molar-refractivity contribution in [3.63, 3.8) is 0 Å². The predicted octanol–water partition coefficient (Wildman–Crippen LogP) is 1.17. The van der Waals surface area contributed by atoms with Crippen LogP contribution in [-0.4, -0.2) is 35.4 Å². The molecular weight excluding hydrogens is 232 g/mol. The van der Waals surface area contributed by atoms with Crippen LogP contribution in [0, 0.1) is 5.92 Å². The molecule has 0 radical (unpaired) electrons. The predicted molar refractivity (Wildman–Crippen MR) is 69.8 cm³/mol. The number of hydrogen-bond acceptors (Lipinski definition) is 4. The quantitative estimate of drug-likeness (QED) is 0.701. The Morgan fingerprint density at radius 2 is 2.28 bits per heavy atom. The Bertz CT molecular complexity index is 462. The van der Waals surface area contributed by atoms with Gasteiger partial charge in [0.15, 0.2) is 0 Å². The van der Waals surface area contributed by atoms with Crippen molar-refractivity contribution in [2.24, 2.45) is 5.92 Å². The van der Waals surface area contributed by atoms with Crippen LogP contribution >= 0.6 is 0 Å². The lowest BCUT2D eigenvalue weighted by Gasteiger charge is -2.28. The van der Waals surface area contributed by atoms with Crippen molar-refractivity contribution in [3.8, 4) is 0 Å². The van der Waals surface area contributed by atoms with Crippen LogP contribution in [0.2, 0.25) is 0 Å². The number of carboxylic acid groups (broad SMARTS) is 1. The van der Waals surface area contributed by atoms with E-state index in [4.69, 9.17) is 10.8 Å². The summed E-state index contributed by atoms with van der Waals surface area (Å²) in [5.74, 6) is -0.648. The maximum Gasteiger partial charge on any atom is 0.337 e. The molecule has 0 aliphatic carbocycles. The summed E-state index contributed by atoms with van der Waals surface area (Å²) in [6, 6.07) is 5.00. The minimum absolute atomic E-state index is 0.0105. The highest BCUT2D eigenvalue weighted by molar-refractivity contribution is 5.97. The fourth-order valence-electron chi connectivity index (χ4n) is 2.58. The van der Waals surface area contributed by atoms with E-state index in [1.807, 2.05) is 11.0 Å². The van der Waals surface area contributed by atoms with Gasteiger partial charge in [-0.1, -0.05) is 13.0 Å². The zero-order valence-electron chi connectivity index (χ0n) is 10.3. The molecule has 1 saturated heterocycles. The number of benzene rings is 1. The molecule has 98 valence electrons. The third-order valence-corrected chi connectivity index (χ3v) is 3.69. The number of aliphatic hydroxyl groups excluding tert-OH is 1. The van der Waals surface area contributed by atoms with Gasteiger partial charge in [-0.2, -0.15) is 0 Å². The second-order valence-corrected chi connectivity index (χ2v) is 4.75. The highest BCUT2D eigenvalue weighted by atomic mass is 16.4. The van der Waals surface area contributed by atoms with Gasteiger partial charge in [-0.25, -0.2) is 4.79 Å². The van der Waals surface area contributed by atoms with E-state index < -0.39 is 5.97 Å². The molecular formula is C13H18N2O3. The van der Waals surface area contributed by atoms with Gasteiger partial charge < -0.3 is 20.8 Å². The number of para-hydroxylation sites is 1. The first-order valence-corrected chi connectivity index (χ1v) is 6.05. The van der Waals surface area contributed by atoms with Gasteiger partial charge in [0.1, 0.15) is 0 Å². The number of nitrogens with zero attached hydrogens (tertiary/aromatic N) is 1. The van der Waals surface area contributed by atoms with Crippen LogP contribution in [0.3, 0.4) is 0 Å². The summed E-state index contributed by atoms with van der Waals surface area (Å²) < 4.78 is 0. The van der Waals surface area contributed by atoms with Gasteiger partial charge in [0.05, 0.1) is 29.6 Å². The highest BCUT2D eigenvalue weighted by Crippen LogP contribution is 2.34. The number of carbonyl (C=O) groups is 1. The van der Waals surface area contributed by atoms with Crippen LogP contribution in [-0.2, 0) is 0 Å². The van der Waals surface area contributed by atoms with Gasteiger partial charge in [-0.3, -0.25) is 0 Å². The lowest BCUT2D eigenvalue weighted by atomic mass is 10.0. The minimum Gasteiger partial charge on any atom is -0.478 e. The molecule has 1 aliphatic rings. The van der Waals surface area contributed by atoms with Crippen molar-refractivity contribution in [1.29, 1.82) is 0 Å². The molecule has 1 fully saturated rings. The summed E-state index contributed by atoms with van der Waals surface area (Å²) in [7, 11) is 0. The van der Waals surface area contributed by atoms with Crippen LogP contribution in [0.5, 0.6) is 0 Å². The van der Waals surface area contributed by atoms with E-state index in [1.54, 1.807) is 6.07 Å². The Hall–Kier alpha value is -1.75. The molecule has 0 aromatic heterocycles. The summed E-state index contributed by atoms with van der Waals surface area (Å²) in [6.07, 6.45) is 0.974. The third kappa shape index (κ3) is 2.01. The van der Waals surface area contributed by atoms with Crippen molar-refractivity contribution in [3.05, 3.63) is 23.8 Å². The van der Waals surface area contributed by atoms with E-state index in [-0.39, 0.29) is 23.9 Å². The summed E-state index contributed by atoms with van der Waals surface area (Å²) in [4.78, 5) is 13.1. The summed E-state index contributed by atoms with van der Waals surface area (Å²) in [5.41, 5.74) is 7.02. The molecule has 1 heterocycles. The summed E-state index contributed by atoms with van der Waals surface area (Å²) >= 11 is 0. The number of rotatable bonds is 3. The first kappa shape index (κ1) is 12.7. The molecule has 1 aliphatic heterocycles. The Labute approximate surface area is 106 Å². The van der Waals surface area contributed by atoms with Gasteiger partial charge in [0, 0.05) is 6.54 Å². The zero-order chi connectivity index (χ0) is 13.3. The van der Waals surface area contributed by atoms with E-state index in [2.05, 4.69) is 6.92 Å². The Balaban J connectivity index is 2.40. The normalized spacial score (nSPS) is 23.3. The SMILES string of the molecule is CC1CCN(c2cccc(C(=O)O)c2N)C1CO. The number of hydrogen-bond donors (Lipinski definition) is 3. The number of aliphatic hydroxyl groups is 1. The Morgan fingerprint density at radius 3 is 2.89 bits per heavy atom. The zero-order valence-corrected chi connectivity index (χ0v) is 10.3. The van der Waals surface area contributed by atoms with Crippen molar-refractivity contribution in [2.75, 3.05) is 23.8 Å². The van der Waals surface area contributed by atoms with Gasteiger partial charge in [0.25, 0.3) is 0 Å². The van der Waals surface area contributed by atoms with Crippen LogP contribution in [0.25, 0.3) is 0 Å². The van der Waals surface area contributed by atoms with Gasteiger partial charge >= 0.3 is 5.97 Å². The van der Waals surface area contributed by atoms with Crippen LogP contribution in [0.4, 0.5) is 11.4 Å². The first-order chi connectivity index (χ1) is 8.56. The van der Waals surface area contributed by atoms with E-state index >= 15 is 0 Å². The van der Waals surface area contributed by atoms with Gasteiger partial charge in [0.2, 0.25) is 0 Å². The van der Waals surface area contributed by atoms with Crippen molar-refractivity contribution in [2.45, 2.75) is 19.4 Å². The maximum absolute atomic E-state index is 11.1. The Morgan fingerprint density at radius 1 is 1.56 bits per heavy atom. The average Bonchev–Trinajstić information content (AvgIpc) is 2.70. The van der Waals surface area contributed by atoms with Crippen LogP contribution in [0.1, 0.15) is 23.7 Å². The van der Waals surface area contributed by atoms with Crippen molar-refractivity contribution in [1.82, 2.24) is 0 Å². The molecule has 5 nitrogen and oxygen atoms in total. The summed E-state index contributed by atoms with van der Waals surface area (Å²) in [5, 5.41) is 18.5. The van der Waals surface area contributed by atoms with E-state index in [9.17, 15) is 9.90 Å². The number of nitrogens with two attached hydrogens (primary N) is 1.